The minimum atomic E-state index is -0.920. The van der Waals surface area contributed by atoms with Crippen molar-refractivity contribution in [2.75, 3.05) is 0 Å². The summed E-state index contributed by atoms with van der Waals surface area (Å²) >= 11 is 0. The first-order chi connectivity index (χ1) is 8.56. The second kappa shape index (κ2) is 3.57. The van der Waals surface area contributed by atoms with Gasteiger partial charge in [-0.2, -0.15) is 0 Å². The van der Waals surface area contributed by atoms with Crippen LogP contribution in [0.25, 0.3) is 21.9 Å². The molecule has 0 unspecified atom stereocenters. The molecule has 0 radical (unpaired) electrons. The highest BCUT2D eigenvalue weighted by Gasteiger charge is 2.11. The van der Waals surface area contributed by atoms with E-state index in [2.05, 4.69) is 9.97 Å². The number of benzene rings is 1. The van der Waals surface area contributed by atoms with Crippen molar-refractivity contribution >= 4 is 27.9 Å². The molecule has 0 amide bonds. The molecule has 0 aliphatic carbocycles. The van der Waals surface area contributed by atoms with Crippen LogP contribution < -0.4 is 0 Å². The van der Waals surface area contributed by atoms with E-state index < -0.39 is 5.97 Å². The van der Waals surface area contributed by atoms with Crippen molar-refractivity contribution in [3.63, 3.8) is 0 Å². The van der Waals surface area contributed by atoms with Crippen LogP contribution >= 0.6 is 0 Å². The molecular weight excluding hydrogens is 228 g/mol. The number of pyridine rings is 1. The van der Waals surface area contributed by atoms with Gasteiger partial charge in [-0.25, -0.2) is 9.78 Å². The fourth-order valence-corrected chi connectivity index (χ4v) is 2.39. The number of aromatic carboxylic acids is 1. The standard InChI is InChI=1S/C14H12N2O2/c1-7-5-8(2)15-13-12(7)10-4-3-9(14(17)18)6-11(10)16-13/h3-6H,1-2H3,(H,15,16)(H,17,18). The minimum Gasteiger partial charge on any atom is -0.478 e. The Labute approximate surface area is 103 Å². The van der Waals surface area contributed by atoms with Crippen molar-refractivity contribution < 1.29 is 9.90 Å². The Morgan fingerprint density at radius 1 is 1.28 bits per heavy atom. The van der Waals surface area contributed by atoms with Crippen LogP contribution in [0.2, 0.25) is 0 Å². The number of nitrogens with zero attached hydrogens (tertiary/aromatic N) is 1. The summed E-state index contributed by atoms with van der Waals surface area (Å²) in [6, 6.07) is 7.13. The quantitative estimate of drug-likeness (QED) is 0.687. The number of fused-ring (bicyclic) bond motifs is 3. The second-order valence-corrected chi connectivity index (χ2v) is 4.49. The molecule has 1 aromatic carbocycles. The van der Waals surface area contributed by atoms with E-state index in [-0.39, 0.29) is 5.56 Å². The fourth-order valence-electron chi connectivity index (χ4n) is 2.39. The van der Waals surface area contributed by atoms with Gasteiger partial charge in [0.05, 0.1) is 5.56 Å². The Balaban J connectivity index is 2.43. The number of hydrogen-bond acceptors (Lipinski definition) is 2. The van der Waals surface area contributed by atoms with E-state index in [0.29, 0.717) is 0 Å². The molecule has 4 heteroatoms. The molecule has 3 aromatic rings. The van der Waals surface area contributed by atoms with Crippen molar-refractivity contribution in [2.24, 2.45) is 0 Å². The Bertz CT molecular complexity index is 787. The van der Waals surface area contributed by atoms with Crippen LogP contribution in [0.3, 0.4) is 0 Å². The summed E-state index contributed by atoms with van der Waals surface area (Å²) in [6.07, 6.45) is 0. The lowest BCUT2D eigenvalue weighted by molar-refractivity contribution is 0.0697. The van der Waals surface area contributed by atoms with Crippen LogP contribution in [0.5, 0.6) is 0 Å². The third kappa shape index (κ3) is 1.46. The summed E-state index contributed by atoms with van der Waals surface area (Å²) < 4.78 is 0. The Morgan fingerprint density at radius 2 is 2.06 bits per heavy atom. The molecule has 0 aliphatic rings. The molecule has 2 N–H and O–H groups in total. The molecule has 4 nitrogen and oxygen atoms in total. The average molecular weight is 240 g/mol. The van der Waals surface area contributed by atoms with Crippen LogP contribution in [0.15, 0.2) is 24.3 Å². The summed E-state index contributed by atoms with van der Waals surface area (Å²) in [5.41, 5.74) is 4.00. The number of carboxylic acids is 1. The van der Waals surface area contributed by atoms with Crippen molar-refractivity contribution in [2.45, 2.75) is 13.8 Å². The molecule has 0 spiro atoms. The molecule has 18 heavy (non-hydrogen) atoms. The summed E-state index contributed by atoms with van der Waals surface area (Å²) in [7, 11) is 0. The third-order valence-corrected chi connectivity index (χ3v) is 3.13. The lowest BCUT2D eigenvalue weighted by atomic mass is 10.1. The van der Waals surface area contributed by atoms with E-state index in [9.17, 15) is 4.79 Å². The Hall–Kier alpha value is -2.36. The molecule has 3 rings (SSSR count). The van der Waals surface area contributed by atoms with Gasteiger partial charge in [-0.15, -0.1) is 0 Å². The average Bonchev–Trinajstić information content (AvgIpc) is 2.65. The second-order valence-electron chi connectivity index (χ2n) is 4.49. The molecule has 0 atom stereocenters. The maximum atomic E-state index is 11.0. The monoisotopic (exact) mass is 240 g/mol. The van der Waals surface area contributed by atoms with Gasteiger partial charge in [-0.3, -0.25) is 0 Å². The first-order valence-corrected chi connectivity index (χ1v) is 5.69. The topological polar surface area (TPSA) is 66.0 Å². The minimum absolute atomic E-state index is 0.281. The van der Waals surface area contributed by atoms with Gasteiger partial charge in [-0.1, -0.05) is 6.07 Å². The number of aromatic amines is 1. The maximum Gasteiger partial charge on any atom is 0.335 e. The van der Waals surface area contributed by atoms with E-state index in [0.717, 1.165) is 33.2 Å². The van der Waals surface area contributed by atoms with Crippen molar-refractivity contribution in [3.8, 4) is 0 Å². The number of aryl methyl sites for hydroxylation is 2. The number of carbonyl (C=O) groups is 1. The van der Waals surface area contributed by atoms with Crippen LogP contribution in [0, 0.1) is 13.8 Å². The summed E-state index contributed by atoms with van der Waals surface area (Å²) in [4.78, 5) is 18.6. The van der Waals surface area contributed by atoms with Gasteiger partial charge in [0.15, 0.2) is 0 Å². The van der Waals surface area contributed by atoms with E-state index in [1.165, 1.54) is 0 Å². The molecule has 0 saturated heterocycles. The van der Waals surface area contributed by atoms with Gasteiger partial charge < -0.3 is 10.1 Å². The highest BCUT2D eigenvalue weighted by Crippen LogP contribution is 2.28. The van der Waals surface area contributed by atoms with Crippen LogP contribution in [0.4, 0.5) is 0 Å². The molecule has 0 saturated carbocycles. The zero-order valence-electron chi connectivity index (χ0n) is 10.1. The van der Waals surface area contributed by atoms with Gasteiger partial charge >= 0.3 is 5.97 Å². The summed E-state index contributed by atoms with van der Waals surface area (Å²) in [6.45, 7) is 3.98. The van der Waals surface area contributed by atoms with Gasteiger partial charge in [0, 0.05) is 22.0 Å². The molecule has 90 valence electrons. The van der Waals surface area contributed by atoms with Crippen molar-refractivity contribution in [3.05, 3.63) is 41.1 Å². The fraction of sp³-hybridized carbons (Fsp3) is 0.143. The number of carboxylic acid groups (broad SMARTS) is 1. The Morgan fingerprint density at radius 3 is 2.78 bits per heavy atom. The van der Waals surface area contributed by atoms with E-state index in [4.69, 9.17) is 5.11 Å². The van der Waals surface area contributed by atoms with Crippen molar-refractivity contribution in [1.29, 1.82) is 0 Å². The maximum absolute atomic E-state index is 11.0. The van der Waals surface area contributed by atoms with Crippen LogP contribution in [-0.2, 0) is 0 Å². The first kappa shape index (κ1) is 10.8. The number of rotatable bonds is 1. The molecular formula is C14H12N2O2. The lowest BCUT2D eigenvalue weighted by Gasteiger charge is -1.99. The molecule has 0 aliphatic heterocycles. The predicted molar refractivity (Wildman–Crippen MR) is 70.0 cm³/mol. The normalized spacial score (nSPS) is 11.2. The smallest absolute Gasteiger partial charge is 0.335 e. The molecule has 0 bridgehead atoms. The first-order valence-electron chi connectivity index (χ1n) is 5.69. The van der Waals surface area contributed by atoms with Crippen molar-refractivity contribution in [1.82, 2.24) is 9.97 Å². The zero-order valence-corrected chi connectivity index (χ0v) is 10.1. The molecule has 0 fully saturated rings. The zero-order chi connectivity index (χ0) is 12.9. The highest BCUT2D eigenvalue weighted by atomic mass is 16.4. The third-order valence-electron chi connectivity index (χ3n) is 3.13. The molecule has 2 aromatic heterocycles. The summed E-state index contributed by atoms with van der Waals surface area (Å²) in [5.74, 6) is -0.920. The number of H-pyrrole nitrogens is 1. The summed E-state index contributed by atoms with van der Waals surface area (Å²) in [5, 5.41) is 11.1. The van der Waals surface area contributed by atoms with Gasteiger partial charge in [0.25, 0.3) is 0 Å². The van der Waals surface area contributed by atoms with Gasteiger partial charge in [0.1, 0.15) is 5.65 Å². The van der Waals surface area contributed by atoms with Gasteiger partial charge in [-0.05, 0) is 37.6 Å². The number of nitrogens with one attached hydrogen (secondary N) is 1. The molecule has 2 heterocycles. The number of hydrogen-bond donors (Lipinski definition) is 2. The highest BCUT2D eigenvalue weighted by molar-refractivity contribution is 6.09. The number of aromatic nitrogens is 2. The predicted octanol–water partition coefficient (Wildman–Crippen LogP) is 3.03. The SMILES string of the molecule is Cc1cc(C)c2c(n1)[nH]c1cc(C(=O)O)ccc12. The van der Waals surface area contributed by atoms with E-state index >= 15 is 0 Å². The Kier molecular flexibility index (Phi) is 2.13. The van der Waals surface area contributed by atoms with E-state index in [1.54, 1.807) is 12.1 Å². The van der Waals surface area contributed by atoms with Gasteiger partial charge in [0.2, 0.25) is 0 Å². The lowest BCUT2D eigenvalue weighted by Crippen LogP contribution is -1.94. The van der Waals surface area contributed by atoms with Crippen LogP contribution in [0.1, 0.15) is 21.6 Å². The van der Waals surface area contributed by atoms with E-state index in [1.807, 2.05) is 26.0 Å². The largest absolute Gasteiger partial charge is 0.478 e. The van der Waals surface area contributed by atoms with Crippen LogP contribution in [-0.4, -0.2) is 21.0 Å².